The van der Waals surface area contributed by atoms with Gasteiger partial charge in [-0.25, -0.2) is 5.43 Å². The summed E-state index contributed by atoms with van der Waals surface area (Å²) < 4.78 is 10.7. The van der Waals surface area contributed by atoms with E-state index in [1.165, 1.54) is 6.21 Å². The number of hydrogen-bond donors (Lipinski definition) is 1. The number of hydrogen-bond acceptors (Lipinski definition) is 5. The Morgan fingerprint density at radius 1 is 1.23 bits per heavy atom. The number of aromatic nitrogens is 1. The number of amides is 1. The van der Waals surface area contributed by atoms with Gasteiger partial charge in [-0.15, -0.1) is 0 Å². The van der Waals surface area contributed by atoms with Crippen LogP contribution in [-0.4, -0.2) is 30.3 Å². The van der Waals surface area contributed by atoms with E-state index in [-0.39, 0.29) is 12.5 Å². The van der Waals surface area contributed by atoms with Crippen molar-refractivity contribution in [3.63, 3.8) is 0 Å². The molecule has 1 N–H and O–H groups in total. The summed E-state index contributed by atoms with van der Waals surface area (Å²) >= 11 is 0. The van der Waals surface area contributed by atoms with E-state index in [1.807, 2.05) is 13.0 Å². The molecule has 114 valence electrons. The molecule has 0 unspecified atom stereocenters. The number of nitrogens with zero attached hydrogens (tertiary/aromatic N) is 2. The van der Waals surface area contributed by atoms with Crippen LogP contribution >= 0.6 is 0 Å². The van der Waals surface area contributed by atoms with Crippen LogP contribution in [0, 0.1) is 0 Å². The van der Waals surface area contributed by atoms with E-state index in [0.29, 0.717) is 12.4 Å². The van der Waals surface area contributed by atoms with Gasteiger partial charge in [-0.1, -0.05) is 6.07 Å². The molecule has 0 fully saturated rings. The van der Waals surface area contributed by atoms with E-state index in [1.54, 1.807) is 42.7 Å². The molecule has 6 heteroatoms. The van der Waals surface area contributed by atoms with E-state index < -0.39 is 0 Å². The average molecular weight is 299 g/mol. The summed E-state index contributed by atoms with van der Waals surface area (Å²) in [6.45, 7) is 2.41. The van der Waals surface area contributed by atoms with Crippen molar-refractivity contribution in [2.24, 2.45) is 5.10 Å². The second kappa shape index (κ2) is 8.41. The Balaban J connectivity index is 1.74. The topological polar surface area (TPSA) is 72.8 Å². The first-order valence-electron chi connectivity index (χ1n) is 6.85. The van der Waals surface area contributed by atoms with Gasteiger partial charge in [-0.3, -0.25) is 9.78 Å². The van der Waals surface area contributed by atoms with Crippen LogP contribution in [0.1, 0.15) is 12.5 Å². The number of nitrogens with one attached hydrogen (secondary N) is 1. The first-order valence-corrected chi connectivity index (χ1v) is 6.85. The predicted molar refractivity (Wildman–Crippen MR) is 83.1 cm³/mol. The molecular weight excluding hydrogens is 282 g/mol. The van der Waals surface area contributed by atoms with Gasteiger partial charge in [-0.05, 0) is 37.3 Å². The van der Waals surface area contributed by atoms with E-state index in [9.17, 15) is 4.79 Å². The van der Waals surface area contributed by atoms with Crippen LogP contribution in [0.15, 0.2) is 53.9 Å². The molecule has 1 aromatic carbocycles. The minimum Gasteiger partial charge on any atom is -0.494 e. The Morgan fingerprint density at radius 3 is 2.59 bits per heavy atom. The quantitative estimate of drug-likeness (QED) is 0.627. The molecule has 2 rings (SSSR count). The van der Waals surface area contributed by atoms with E-state index in [2.05, 4.69) is 15.5 Å². The summed E-state index contributed by atoms with van der Waals surface area (Å²) in [7, 11) is 0. The Kier molecular flexibility index (Phi) is 5.92. The first-order chi connectivity index (χ1) is 10.8. The summed E-state index contributed by atoms with van der Waals surface area (Å²) in [5.41, 5.74) is 3.19. The number of pyridine rings is 1. The zero-order chi connectivity index (χ0) is 15.6. The molecule has 0 aliphatic heterocycles. The summed E-state index contributed by atoms with van der Waals surface area (Å²) in [6.07, 6.45) is 4.83. The second-order valence-electron chi connectivity index (χ2n) is 4.27. The molecule has 0 aliphatic carbocycles. The molecule has 0 aliphatic rings. The largest absolute Gasteiger partial charge is 0.494 e. The number of benzene rings is 1. The number of hydrazone groups is 1. The van der Waals surface area contributed by atoms with Gasteiger partial charge in [0, 0.05) is 18.0 Å². The summed E-state index contributed by atoms with van der Waals surface area (Å²) in [4.78, 5) is 15.5. The van der Waals surface area contributed by atoms with E-state index in [0.717, 1.165) is 11.3 Å². The zero-order valence-corrected chi connectivity index (χ0v) is 12.2. The lowest BCUT2D eigenvalue weighted by atomic mass is 10.3. The normalized spacial score (nSPS) is 10.4. The van der Waals surface area contributed by atoms with Crippen molar-refractivity contribution in [2.75, 3.05) is 13.2 Å². The predicted octanol–water partition coefficient (Wildman–Crippen LogP) is 2.01. The zero-order valence-electron chi connectivity index (χ0n) is 12.2. The molecule has 2 aromatic rings. The second-order valence-corrected chi connectivity index (χ2v) is 4.27. The number of carbonyl (C=O) groups excluding carboxylic acids is 1. The molecular formula is C16H17N3O3. The van der Waals surface area contributed by atoms with E-state index in [4.69, 9.17) is 9.47 Å². The fourth-order valence-corrected chi connectivity index (χ4v) is 1.61. The average Bonchev–Trinajstić information content (AvgIpc) is 2.55. The Bertz CT molecular complexity index is 612. The molecule has 1 amide bonds. The maximum Gasteiger partial charge on any atom is 0.277 e. The van der Waals surface area contributed by atoms with Gasteiger partial charge in [0.25, 0.3) is 5.91 Å². The monoisotopic (exact) mass is 299 g/mol. The lowest BCUT2D eigenvalue weighted by Gasteiger charge is -2.06. The maximum atomic E-state index is 11.6. The summed E-state index contributed by atoms with van der Waals surface area (Å²) in [6, 6.07) is 10.7. The molecule has 0 atom stereocenters. The fourth-order valence-electron chi connectivity index (χ4n) is 1.61. The Hall–Kier alpha value is -2.89. The number of rotatable bonds is 7. The van der Waals surface area contributed by atoms with Crippen molar-refractivity contribution in [3.05, 3.63) is 54.4 Å². The number of ether oxygens (including phenoxy) is 2. The SMILES string of the molecule is CCOc1ccc(OCC(=O)N/N=C/c2cccnc2)cc1. The van der Waals surface area contributed by atoms with Gasteiger partial charge in [-0.2, -0.15) is 5.10 Å². The fraction of sp³-hybridized carbons (Fsp3) is 0.188. The third-order valence-electron chi connectivity index (χ3n) is 2.59. The first kappa shape index (κ1) is 15.5. The molecule has 1 heterocycles. The van der Waals surface area contributed by atoms with Crippen molar-refractivity contribution in [3.8, 4) is 11.5 Å². The minimum atomic E-state index is -0.339. The molecule has 0 bridgehead atoms. The summed E-state index contributed by atoms with van der Waals surface area (Å²) in [5.74, 6) is 1.02. The van der Waals surface area contributed by atoms with Gasteiger partial charge in [0.15, 0.2) is 6.61 Å². The van der Waals surface area contributed by atoms with Crippen LogP contribution < -0.4 is 14.9 Å². The lowest BCUT2D eigenvalue weighted by Crippen LogP contribution is -2.24. The highest BCUT2D eigenvalue weighted by Crippen LogP contribution is 2.17. The van der Waals surface area contributed by atoms with Gasteiger partial charge < -0.3 is 9.47 Å². The van der Waals surface area contributed by atoms with Crippen LogP contribution in [0.25, 0.3) is 0 Å². The Labute approximate surface area is 128 Å². The van der Waals surface area contributed by atoms with Crippen LogP contribution in [0.2, 0.25) is 0 Å². The van der Waals surface area contributed by atoms with Crippen LogP contribution in [0.5, 0.6) is 11.5 Å². The van der Waals surface area contributed by atoms with Crippen LogP contribution in [0.4, 0.5) is 0 Å². The molecule has 0 saturated heterocycles. The molecule has 22 heavy (non-hydrogen) atoms. The molecule has 1 aromatic heterocycles. The third-order valence-corrected chi connectivity index (χ3v) is 2.59. The highest BCUT2D eigenvalue weighted by molar-refractivity contribution is 5.82. The van der Waals surface area contributed by atoms with E-state index >= 15 is 0 Å². The maximum absolute atomic E-state index is 11.6. The minimum absolute atomic E-state index is 0.113. The smallest absolute Gasteiger partial charge is 0.277 e. The summed E-state index contributed by atoms with van der Waals surface area (Å²) in [5, 5.41) is 3.83. The van der Waals surface area contributed by atoms with Crippen molar-refractivity contribution in [2.45, 2.75) is 6.92 Å². The van der Waals surface area contributed by atoms with Crippen molar-refractivity contribution in [1.82, 2.24) is 10.4 Å². The highest BCUT2D eigenvalue weighted by Gasteiger charge is 2.01. The van der Waals surface area contributed by atoms with Crippen molar-refractivity contribution >= 4 is 12.1 Å². The lowest BCUT2D eigenvalue weighted by molar-refractivity contribution is -0.123. The molecule has 0 spiro atoms. The van der Waals surface area contributed by atoms with Gasteiger partial charge in [0.05, 0.1) is 12.8 Å². The van der Waals surface area contributed by atoms with Crippen molar-refractivity contribution in [1.29, 1.82) is 0 Å². The van der Waals surface area contributed by atoms with Gasteiger partial charge in [0.1, 0.15) is 11.5 Å². The van der Waals surface area contributed by atoms with Gasteiger partial charge >= 0.3 is 0 Å². The van der Waals surface area contributed by atoms with Crippen molar-refractivity contribution < 1.29 is 14.3 Å². The highest BCUT2D eigenvalue weighted by atomic mass is 16.5. The standard InChI is InChI=1S/C16H17N3O3/c1-2-21-14-5-7-15(8-6-14)22-12-16(20)19-18-11-13-4-3-9-17-10-13/h3-11H,2,12H2,1H3,(H,19,20)/b18-11+. The third kappa shape index (κ3) is 5.24. The molecule has 6 nitrogen and oxygen atoms in total. The number of carbonyl (C=O) groups is 1. The van der Waals surface area contributed by atoms with Crippen LogP contribution in [-0.2, 0) is 4.79 Å². The molecule has 0 radical (unpaired) electrons. The van der Waals surface area contributed by atoms with Gasteiger partial charge in [0.2, 0.25) is 0 Å². The molecule has 0 saturated carbocycles. The Morgan fingerprint density at radius 2 is 1.95 bits per heavy atom. The van der Waals surface area contributed by atoms with Crippen LogP contribution in [0.3, 0.4) is 0 Å².